The van der Waals surface area contributed by atoms with Gasteiger partial charge < -0.3 is 10.8 Å². The fourth-order valence-corrected chi connectivity index (χ4v) is 3.58. The molecule has 8 heteroatoms. The van der Waals surface area contributed by atoms with Gasteiger partial charge in [-0.1, -0.05) is 0 Å². The molecule has 0 unspecified atom stereocenters. The summed E-state index contributed by atoms with van der Waals surface area (Å²) in [6.07, 6.45) is 3.59. The standard InChI is InChI=1S/C10H18N4O3S/c1-14-6-9(10(11)12-14)18(16,17)13-7-2-4-8(15)5-3-7/h6-8,13,15H,2-5H2,1H3,(H2,11,12). The van der Waals surface area contributed by atoms with Crippen molar-refractivity contribution in [3.63, 3.8) is 0 Å². The highest BCUT2D eigenvalue weighted by Crippen LogP contribution is 2.22. The lowest BCUT2D eigenvalue weighted by atomic mass is 9.94. The number of hydrogen-bond acceptors (Lipinski definition) is 5. The maximum atomic E-state index is 12.1. The topological polar surface area (TPSA) is 110 Å². The molecule has 0 atom stereocenters. The number of nitrogens with two attached hydrogens (primary N) is 1. The Balaban J connectivity index is 2.10. The molecule has 1 aliphatic carbocycles. The van der Waals surface area contributed by atoms with Gasteiger partial charge in [0.2, 0.25) is 10.0 Å². The summed E-state index contributed by atoms with van der Waals surface area (Å²) < 4.78 is 28.2. The van der Waals surface area contributed by atoms with Crippen LogP contribution in [0.25, 0.3) is 0 Å². The van der Waals surface area contributed by atoms with E-state index in [1.807, 2.05) is 0 Å². The SMILES string of the molecule is Cn1cc(S(=O)(=O)NC2CCC(O)CC2)c(N)n1. The Kier molecular flexibility index (Phi) is 3.60. The normalized spacial score (nSPS) is 25.2. The Morgan fingerprint density at radius 1 is 1.44 bits per heavy atom. The van der Waals surface area contributed by atoms with Gasteiger partial charge in [0.15, 0.2) is 5.82 Å². The summed E-state index contributed by atoms with van der Waals surface area (Å²) in [5.41, 5.74) is 5.56. The van der Waals surface area contributed by atoms with Crippen molar-refractivity contribution in [2.75, 3.05) is 5.73 Å². The molecule has 1 fully saturated rings. The van der Waals surface area contributed by atoms with Gasteiger partial charge in [0, 0.05) is 19.3 Å². The molecular weight excluding hydrogens is 256 g/mol. The molecule has 0 amide bonds. The van der Waals surface area contributed by atoms with Gasteiger partial charge in [-0.05, 0) is 25.7 Å². The number of aliphatic hydroxyl groups excluding tert-OH is 1. The van der Waals surface area contributed by atoms with E-state index in [4.69, 9.17) is 5.73 Å². The lowest BCUT2D eigenvalue weighted by molar-refractivity contribution is 0.120. The number of nitrogens with zero attached hydrogens (tertiary/aromatic N) is 2. The van der Waals surface area contributed by atoms with Gasteiger partial charge in [0.1, 0.15) is 4.90 Å². The molecule has 0 aliphatic heterocycles. The van der Waals surface area contributed by atoms with Crippen LogP contribution in [0.15, 0.2) is 11.1 Å². The average Bonchev–Trinajstić information content (AvgIpc) is 2.62. The highest BCUT2D eigenvalue weighted by molar-refractivity contribution is 7.89. The monoisotopic (exact) mass is 274 g/mol. The highest BCUT2D eigenvalue weighted by Gasteiger charge is 2.27. The van der Waals surface area contributed by atoms with E-state index in [2.05, 4.69) is 9.82 Å². The molecule has 18 heavy (non-hydrogen) atoms. The first kappa shape index (κ1) is 13.3. The Hall–Kier alpha value is -1.12. The summed E-state index contributed by atoms with van der Waals surface area (Å²) in [4.78, 5) is 0.0103. The molecule has 1 aromatic heterocycles. The van der Waals surface area contributed by atoms with Gasteiger partial charge in [0.05, 0.1) is 6.10 Å². The number of nitrogens with one attached hydrogen (secondary N) is 1. The van der Waals surface area contributed by atoms with Gasteiger partial charge in [-0.2, -0.15) is 5.10 Å². The molecule has 1 aromatic rings. The minimum Gasteiger partial charge on any atom is -0.393 e. The molecule has 0 bridgehead atoms. The molecule has 1 saturated carbocycles. The molecule has 0 saturated heterocycles. The number of rotatable bonds is 3. The lowest BCUT2D eigenvalue weighted by Crippen LogP contribution is -2.38. The maximum Gasteiger partial charge on any atom is 0.246 e. The summed E-state index contributed by atoms with van der Waals surface area (Å²) in [7, 11) is -2.01. The lowest BCUT2D eigenvalue weighted by Gasteiger charge is -2.25. The molecule has 0 spiro atoms. The number of sulfonamides is 1. The number of nitrogen functional groups attached to an aromatic ring is 1. The zero-order chi connectivity index (χ0) is 13.3. The van der Waals surface area contributed by atoms with E-state index in [0.29, 0.717) is 25.7 Å². The molecule has 2 rings (SSSR count). The molecule has 1 aliphatic rings. The summed E-state index contributed by atoms with van der Waals surface area (Å²) in [5.74, 6) is 0.000782. The quantitative estimate of drug-likeness (QED) is 0.693. The average molecular weight is 274 g/mol. The van der Waals surface area contributed by atoms with Gasteiger partial charge in [-0.25, -0.2) is 13.1 Å². The molecule has 0 radical (unpaired) electrons. The van der Waals surface area contributed by atoms with E-state index in [1.54, 1.807) is 7.05 Å². The van der Waals surface area contributed by atoms with Crippen molar-refractivity contribution in [1.82, 2.24) is 14.5 Å². The van der Waals surface area contributed by atoms with Gasteiger partial charge in [-0.3, -0.25) is 4.68 Å². The van der Waals surface area contributed by atoms with Crippen molar-refractivity contribution in [3.8, 4) is 0 Å². The van der Waals surface area contributed by atoms with Crippen molar-refractivity contribution >= 4 is 15.8 Å². The predicted octanol–water partition coefficient (Wildman–Crippen LogP) is -0.416. The summed E-state index contributed by atoms with van der Waals surface area (Å²) in [6.45, 7) is 0. The van der Waals surface area contributed by atoms with Crippen LogP contribution in [0, 0.1) is 0 Å². The van der Waals surface area contributed by atoms with E-state index >= 15 is 0 Å². The van der Waals surface area contributed by atoms with E-state index in [-0.39, 0.29) is 22.9 Å². The smallest absolute Gasteiger partial charge is 0.246 e. The summed E-state index contributed by atoms with van der Waals surface area (Å²) in [5, 5.41) is 13.2. The molecular formula is C10H18N4O3S. The van der Waals surface area contributed by atoms with Crippen LogP contribution >= 0.6 is 0 Å². The number of hydrogen-bond donors (Lipinski definition) is 3. The van der Waals surface area contributed by atoms with E-state index < -0.39 is 10.0 Å². The van der Waals surface area contributed by atoms with Gasteiger partial charge >= 0.3 is 0 Å². The minimum atomic E-state index is -3.63. The number of aromatic nitrogens is 2. The van der Waals surface area contributed by atoms with E-state index in [0.717, 1.165) is 0 Å². The second-order valence-corrected chi connectivity index (χ2v) is 6.36. The Morgan fingerprint density at radius 2 is 2.06 bits per heavy atom. The zero-order valence-corrected chi connectivity index (χ0v) is 11.0. The summed E-state index contributed by atoms with van der Waals surface area (Å²) >= 11 is 0. The van der Waals surface area contributed by atoms with Gasteiger partial charge in [-0.15, -0.1) is 0 Å². The van der Waals surface area contributed by atoms with Crippen LogP contribution in [0.2, 0.25) is 0 Å². The molecule has 1 heterocycles. The van der Waals surface area contributed by atoms with Crippen LogP contribution in [-0.4, -0.2) is 35.5 Å². The fourth-order valence-electron chi connectivity index (χ4n) is 2.17. The summed E-state index contributed by atoms with van der Waals surface area (Å²) in [6, 6.07) is -0.141. The van der Waals surface area contributed by atoms with Crippen LogP contribution < -0.4 is 10.5 Å². The Bertz CT molecular complexity index is 517. The predicted molar refractivity (Wildman–Crippen MR) is 66.2 cm³/mol. The Morgan fingerprint density at radius 3 is 2.56 bits per heavy atom. The van der Waals surface area contributed by atoms with E-state index in [1.165, 1.54) is 10.9 Å². The van der Waals surface area contributed by atoms with Crippen molar-refractivity contribution in [1.29, 1.82) is 0 Å². The molecule has 4 N–H and O–H groups in total. The first-order valence-corrected chi connectivity index (χ1v) is 7.36. The number of aryl methyl sites for hydroxylation is 1. The molecule has 7 nitrogen and oxygen atoms in total. The third kappa shape index (κ3) is 2.82. The largest absolute Gasteiger partial charge is 0.393 e. The minimum absolute atomic E-state index is 0.000782. The van der Waals surface area contributed by atoms with Gasteiger partial charge in [0.25, 0.3) is 0 Å². The fraction of sp³-hybridized carbons (Fsp3) is 0.700. The number of aliphatic hydroxyl groups is 1. The van der Waals surface area contributed by atoms with Crippen molar-refractivity contribution < 1.29 is 13.5 Å². The van der Waals surface area contributed by atoms with Crippen LogP contribution in [0.5, 0.6) is 0 Å². The first-order valence-electron chi connectivity index (χ1n) is 5.88. The number of anilines is 1. The van der Waals surface area contributed by atoms with Crippen molar-refractivity contribution in [3.05, 3.63) is 6.20 Å². The van der Waals surface area contributed by atoms with Crippen molar-refractivity contribution in [2.45, 2.75) is 42.7 Å². The van der Waals surface area contributed by atoms with Crippen LogP contribution in [-0.2, 0) is 17.1 Å². The van der Waals surface area contributed by atoms with Crippen LogP contribution in [0.1, 0.15) is 25.7 Å². The van der Waals surface area contributed by atoms with E-state index in [9.17, 15) is 13.5 Å². The zero-order valence-electron chi connectivity index (χ0n) is 10.2. The molecule has 0 aromatic carbocycles. The second-order valence-electron chi connectivity index (χ2n) is 4.68. The van der Waals surface area contributed by atoms with Crippen molar-refractivity contribution in [2.24, 2.45) is 7.05 Å². The van der Waals surface area contributed by atoms with Crippen LogP contribution in [0.4, 0.5) is 5.82 Å². The Labute approximate surface area is 106 Å². The molecule has 102 valence electrons. The van der Waals surface area contributed by atoms with Crippen LogP contribution in [0.3, 0.4) is 0 Å². The third-order valence-corrected chi connectivity index (χ3v) is 4.67. The third-order valence-electron chi connectivity index (χ3n) is 3.13. The second kappa shape index (κ2) is 4.87. The first-order chi connectivity index (χ1) is 8.38. The maximum absolute atomic E-state index is 12.1. The highest BCUT2D eigenvalue weighted by atomic mass is 32.2.